The van der Waals surface area contributed by atoms with E-state index in [-0.39, 0.29) is 11.9 Å². The van der Waals surface area contributed by atoms with E-state index in [9.17, 15) is 4.79 Å². The van der Waals surface area contributed by atoms with Gasteiger partial charge in [-0.3, -0.25) is 4.79 Å². The van der Waals surface area contributed by atoms with Crippen LogP contribution in [0.3, 0.4) is 0 Å². The highest BCUT2D eigenvalue weighted by atomic mass is 35.5. The summed E-state index contributed by atoms with van der Waals surface area (Å²) in [6.07, 6.45) is 1.83. The number of nitrogens with one attached hydrogen (secondary N) is 2. The van der Waals surface area contributed by atoms with Crippen LogP contribution in [-0.4, -0.2) is 18.5 Å². The Morgan fingerprint density at radius 2 is 1.94 bits per heavy atom. The Balaban J connectivity index is 2.15. The first-order valence-electron chi connectivity index (χ1n) is 5.26. The van der Waals surface area contributed by atoms with E-state index in [0.717, 1.165) is 19.4 Å². The summed E-state index contributed by atoms with van der Waals surface area (Å²) in [5.41, 5.74) is 0.413. The molecule has 0 saturated carbocycles. The molecule has 17 heavy (non-hydrogen) atoms. The lowest BCUT2D eigenvalue weighted by Crippen LogP contribution is -2.35. The van der Waals surface area contributed by atoms with Gasteiger partial charge >= 0.3 is 0 Å². The molecule has 0 radical (unpaired) electrons. The molecule has 0 spiro atoms. The Hall–Kier alpha value is -0.480. The van der Waals surface area contributed by atoms with Crippen LogP contribution < -0.4 is 10.6 Å². The van der Waals surface area contributed by atoms with Crippen molar-refractivity contribution in [3.05, 3.63) is 27.2 Å². The molecule has 1 aromatic carbocycles. The van der Waals surface area contributed by atoms with Gasteiger partial charge in [0.2, 0.25) is 5.91 Å². The SMILES string of the molecule is O=C(Nc1c(Cl)cc(Cl)cc1Cl)[C@H]1CCCN1. The Kier molecular flexibility index (Phi) is 4.15. The maximum Gasteiger partial charge on any atom is 0.241 e. The van der Waals surface area contributed by atoms with Gasteiger partial charge in [-0.2, -0.15) is 0 Å². The summed E-state index contributed by atoms with van der Waals surface area (Å²) in [6, 6.07) is 2.93. The molecule has 0 unspecified atom stereocenters. The topological polar surface area (TPSA) is 41.1 Å². The van der Waals surface area contributed by atoms with Crippen molar-refractivity contribution in [2.75, 3.05) is 11.9 Å². The smallest absolute Gasteiger partial charge is 0.241 e. The molecule has 1 aliphatic heterocycles. The fourth-order valence-electron chi connectivity index (χ4n) is 1.78. The minimum Gasteiger partial charge on any atom is -0.322 e. The summed E-state index contributed by atoms with van der Waals surface area (Å²) in [4.78, 5) is 11.9. The van der Waals surface area contributed by atoms with Crippen LogP contribution in [0.15, 0.2) is 12.1 Å². The summed E-state index contributed by atoms with van der Waals surface area (Å²) < 4.78 is 0. The quantitative estimate of drug-likeness (QED) is 0.878. The number of hydrogen-bond donors (Lipinski definition) is 2. The maximum absolute atomic E-state index is 11.9. The van der Waals surface area contributed by atoms with E-state index in [0.29, 0.717) is 20.8 Å². The minimum atomic E-state index is -0.169. The van der Waals surface area contributed by atoms with E-state index in [4.69, 9.17) is 34.8 Å². The Bertz CT molecular complexity index is 421. The summed E-state index contributed by atoms with van der Waals surface area (Å²) in [6.45, 7) is 0.861. The molecule has 2 rings (SSSR count). The predicted molar refractivity (Wildman–Crippen MR) is 71.1 cm³/mol. The van der Waals surface area contributed by atoms with Gasteiger partial charge in [0, 0.05) is 5.02 Å². The summed E-state index contributed by atoms with van der Waals surface area (Å²) in [5.74, 6) is -0.117. The highest BCUT2D eigenvalue weighted by molar-refractivity contribution is 6.42. The molecule has 3 nitrogen and oxygen atoms in total. The van der Waals surface area contributed by atoms with Crippen molar-refractivity contribution in [2.45, 2.75) is 18.9 Å². The monoisotopic (exact) mass is 292 g/mol. The average Bonchev–Trinajstić information content (AvgIpc) is 2.76. The zero-order chi connectivity index (χ0) is 12.4. The van der Waals surface area contributed by atoms with E-state index in [1.165, 1.54) is 0 Å². The highest BCUT2D eigenvalue weighted by Gasteiger charge is 2.23. The third-order valence-corrected chi connectivity index (χ3v) is 3.45. The van der Waals surface area contributed by atoms with Crippen molar-refractivity contribution in [2.24, 2.45) is 0 Å². The molecule has 92 valence electrons. The van der Waals surface area contributed by atoms with Crippen molar-refractivity contribution in [1.82, 2.24) is 5.32 Å². The van der Waals surface area contributed by atoms with E-state index in [2.05, 4.69) is 10.6 Å². The van der Waals surface area contributed by atoms with E-state index in [1.807, 2.05) is 0 Å². The summed E-state index contributed by atoms with van der Waals surface area (Å²) >= 11 is 17.8. The number of hydrogen-bond acceptors (Lipinski definition) is 2. The molecule has 0 aromatic heterocycles. The molecule has 6 heteroatoms. The normalized spacial score (nSPS) is 19.4. The van der Waals surface area contributed by atoms with Crippen LogP contribution in [0.4, 0.5) is 5.69 Å². The Morgan fingerprint density at radius 3 is 2.47 bits per heavy atom. The van der Waals surface area contributed by atoms with Crippen molar-refractivity contribution in [3.63, 3.8) is 0 Å². The van der Waals surface area contributed by atoms with Crippen LogP contribution in [-0.2, 0) is 4.79 Å². The van der Waals surface area contributed by atoms with E-state index in [1.54, 1.807) is 12.1 Å². The highest BCUT2D eigenvalue weighted by Crippen LogP contribution is 2.33. The van der Waals surface area contributed by atoms with E-state index < -0.39 is 0 Å². The molecule has 1 aliphatic rings. The molecular weight excluding hydrogens is 282 g/mol. The van der Waals surface area contributed by atoms with Crippen molar-refractivity contribution in [1.29, 1.82) is 0 Å². The zero-order valence-corrected chi connectivity index (χ0v) is 11.2. The molecule has 0 aliphatic carbocycles. The summed E-state index contributed by atoms with van der Waals surface area (Å²) in [5, 5.41) is 6.95. The number of halogens is 3. The standard InChI is InChI=1S/C11H11Cl3N2O/c12-6-4-7(13)10(8(14)5-6)16-11(17)9-2-1-3-15-9/h4-5,9,15H,1-3H2,(H,16,17)/t9-/m1/s1. The fraction of sp³-hybridized carbons (Fsp3) is 0.364. The van der Waals surface area contributed by atoms with Crippen molar-refractivity contribution in [3.8, 4) is 0 Å². The third kappa shape index (κ3) is 3.05. The largest absolute Gasteiger partial charge is 0.322 e. The number of anilines is 1. The van der Waals surface area contributed by atoms with Gasteiger partial charge in [0.1, 0.15) is 0 Å². The van der Waals surface area contributed by atoms with Crippen molar-refractivity contribution < 1.29 is 4.79 Å². The molecule has 1 heterocycles. The molecule has 2 N–H and O–H groups in total. The van der Waals surface area contributed by atoms with Crippen LogP contribution in [0, 0.1) is 0 Å². The molecule has 1 amide bonds. The minimum absolute atomic E-state index is 0.117. The Morgan fingerprint density at radius 1 is 1.29 bits per heavy atom. The predicted octanol–water partition coefficient (Wildman–Crippen LogP) is 3.34. The van der Waals surface area contributed by atoms with Crippen LogP contribution in [0.2, 0.25) is 15.1 Å². The van der Waals surface area contributed by atoms with Gasteiger partial charge in [-0.1, -0.05) is 34.8 Å². The maximum atomic E-state index is 11.9. The van der Waals surface area contributed by atoms with Gasteiger partial charge in [-0.15, -0.1) is 0 Å². The van der Waals surface area contributed by atoms with Gasteiger partial charge in [0.05, 0.1) is 21.8 Å². The lowest BCUT2D eigenvalue weighted by Gasteiger charge is -2.13. The van der Waals surface area contributed by atoms with Gasteiger partial charge in [0.15, 0.2) is 0 Å². The van der Waals surface area contributed by atoms with Crippen LogP contribution in [0.25, 0.3) is 0 Å². The van der Waals surface area contributed by atoms with Crippen LogP contribution >= 0.6 is 34.8 Å². The molecule has 1 aromatic rings. The Labute approximate surface area is 114 Å². The second-order valence-corrected chi connectivity index (χ2v) is 5.13. The zero-order valence-electron chi connectivity index (χ0n) is 8.90. The number of amides is 1. The number of rotatable bonds is 2. The van der Waals surface area contributed by atoms with E-state index >= 15 is 0 Å². The number of carbonyl (C=O) groups is 1. The van der Waals surface area contributed by atoms with Gasteiger partial charge < -0.3 is 10.6 Å². The molecule has 1 saturated heterocycles. The van der Waals surface area contributed by atoms with Gasteiger partial charge in [-0.25, -0.2) is 0 Å². The molecule has 0 bridgehead atoms. The fourth-order valence-corrected chi connectivity index (χ4v) is 2.69. The first-order valence-corrected chi connectivity index (χ1v) is 6.40. The second kappa shape index (κ2) is 5.44. The van der Waals surface area contributed by atoms with Crippen molar-refractivity contribution >= 4 is 46.4 Å². The second-order valence-electron chi connectivity index (χ2n) is 3.88. The summed E-state index contributed by atoms with van der Waals surface area (Å²) in [7, 11) is 0. The molecule has 1 atom stereocenters. The van der Waals surface area contributed by atoms with Crippen LogP contribution in [0.1, 0.15) is 12.8 Å². The first kappa shape index (κ1) is 13.0. The van der Waals surface area contributed by atoms with Crippen LogP contribution in [0.5, 0.6) is 0 Å². The molecular formula is C11H11Cl3N2O. The van der Waals surface area contributed by atoms with Gasteiger partial charge in [0.25, 0.3) is 0 Å². The third-order valence-electron chi connectivity index (χ3n) is 2.63. The lowest BCUT2D eigenvalue weighted by molar-refractivity contribution is -0.117. The number of carbonyl (C=O) groups excluding carboxylic acids is 1. The number of benzene rings is 1. The lowest BCUT2D eigenvalue weighted by atomic mass is 10.2. The average molecular weight is 294 g/mol. The molecule has 1 fully saturated rings. The first-order chi connectivity index (χ1) is 8.08. The van der Waals surface area contributed by atoms with Gasteiger partial charge in [-0.05, 0) is 31.5 Å².